The van der Waals surface area contributed by atoms with Gasteiger partial charge in [0.2, 0.25) is 5.91 Å². The molecule has 0 aliphatic carbocycles. The third-order valence-electron chi connectivity index (χ3n) is 4.06. The molecule has 0 saturated heterocycles. The molecule has 5 nitrogen and oxygen atoms in total. The van der Waals surface area contributed by atoms with Gasteiger partial charge in [-0.1, -0.05) is 29.5 Å². The monoisotopic (exact) mass is 402 g/mol. The number of carbonyl (C=O) groups excluding carboxylic acids is 1. The standard InChI is InChI=1S/C20H23N3O2S2/c1-22(2)11-12-23(19(24)14-26-16-7-5-4-6-8-16)20-21-17-10-9-15(25-3)13-18(17)27-20/h4-10,13H,11-12,14H2,1-3H3/p+1. The van der Waals surface area contributed by atoms with Crippen molar-refractivity contribution in [2.75, 3.05) is 44.9 Å². The summed E-state index contributed by atoms with van der Waals surface area (Å²) < 4.78 is 6.32. The Kier molecular flexibility index (Phi) is 6.71. The first kappa shape index (κ1) is 19.7. The van der Waals surface area contributed by atoms with Crippen LogP contribution in [0, 0.1) is 0 Å². The van der Waals surface area contributed by atoms with Crippen LogP contribution < -0.4 is 14.5 Å². The van der Waals surface area contributed by atoms with Gasteiger partial charge in [-0.15, -0.1) is 11.8 Å². The fraction of sp³-hybridized carbons (Fsp3) is 0.300. The third kappa shape index (κ3) is 5.22. The van der Waals surface area contributed by atoms with Crippen molar-refractivity contribution in [3.8, 4) is 5.75 Å². The number of carbonyl (C=O) groups is 1. The van der Waals surface area contributed by atoms with Crippen molar-refractivity contribution in [3.63, 3.8) is 0 Å². The summed E-state index contributed by atoms with van der Waals surface area (Å²) in [5.74, 6) is 1.27. The van der Waals surface area contributed by atoms with Crippen LogP contribution in [0.25, 0.3) is 10.2 Å². The van der Waals surface area contributed by atoms with E-state index in [1.165, 1.54) is 16.2 Å². The quantitative estimate of drug-likeness (QED) is 0.589. The minimum atomic E-state index is 0.0797. The van der Waals surface area contributed by atoms with Crippen molar-refractivity contribution in [1.82, 2.24) is 4.98 Å². The maximum Gasteiger partial charge on any atom is 0.239 e. The molecular weight excluding hydrogens is 378 g/mol. The number of nitrogens with one attached hydrogen (secondary N) is 1. The topological polar surface area (TPSA) is 46.9 Å². The van der Waals surface area contributed by atoms with Crippen LogP contribution in [0.4, 0.5) is 5.13 Å². The SMILES string of the molecule is COc1ccc2nc(N(CC[NH+](C)C)C(=O)CSc3ccccc3)sc2c1. The molecule has 0 saturated carbocycles. The van der Waals surface area contributed by atoms with Crippen LogP contribution in [-0.4, -0.2) is 50.9 Å². The highest BCUT2D eigenvalue weighted by Crippen LogP contribution is 2.32. The van der Waals surface area contributed by atoms with E-state index in [4.69, 9.17) is 9.72 Å². The van der Waals surface area contributed by atoms with Gasteiger partial charge in [0.05, 0.1) is 50.3 Å². The minimum Gasteiger partial charge on any atom is -0.497 e. The number of hydrogen-bond donors (Lipinski definition) is 1. The molecule has 0 unspecified atom stereocenters. The number of hydrogen-bond acceptors (Lipinski definition) is 5. The predicted octanol–water partition coefficient (Wildman–Crippen LogP) is 2.57. The molecule has 0 fully saturated rings. The molecule has 0 aliphatic heterocycles. The first-order valence-corrected chi connectivity index (χ1v) is 10.6. The second-order valence-corrected chi connectivity index (χ2v) is 8.49. The van der Waals surface area contributed by atoms with Crippen molar-refractivity contribution >= 4 is 44.4 Å². The highest BCUT2D eigenvalue weighted by molar-refractivity contribution is 8.00. The number of anilines is 1. The van der Waals surface area contributed by atoms with E-state index in [0.29, 0.717) is 12.3 Å². The van der Waals surface area contributed by atoms with E-state index in [2.05, 4.69) is 14.1 Å². The van der Waals surface area contributed by atoms with E-state index in [1.54, 1.807) is 18.9 Å². The zero-order valence-electron chi connectivity index (χ0n) is 15.8. The lowest BCUT2D eigenvalue weighted by Crippen LogP contribution is -3.06. The lowest BCUT2D eigenvalue weighted by atomic mass is 10.3. The molecule has 0 bridgehead atoms. The normalized spacial score (nSPS) is 11.1. The maximum atomic E-state index is 13.0. The Morgan fingerprint density at radius 1 is 1.22 bits per heavy atom. The zero-order chi connectivity index (χ0) is 19.2. The Labute approximate surface area is 168 Å². The average Bonchev–Trinajstić information content (AvgIpc) is 3.09. The maximum absolute atomic E-state index is 13.0. The van der Waals surface area contributed by atoms with Crippen LogP contribution in [0.15, 0.2) is 53.4 Å². The summed E-state index contributed by atoms with van der Waals surface area (Å²) in [7, 11) is 5.83. The zero-order valence-corrected chi connectivity index (χ0v) is 17.4. The van der Waals surface area contributed by atoms with Gasteiger partial charge in [0.25, 0.3) is 0 Å². The summed E-state index contributed by atoms with van der Waals surface area (Å²) in [6, 6.07) is 15.8. The molecule has 3 aromatic rings. The van der Waals surface area contributed by atoms with E-state index in [-0.39, 0.29) is 5.91 Å². The Morgan fingerprint density at radius 3 is 2.70 bits per heavy atom. The van der Waals surface area contributed by atoms with Crippen LogP contribution in [0.3, 0.4) is 0 Å². The van der Waals surface area contributed by atoms with Crippen LogP contribution in [0.1, 0.15) is 0 Å². The van der Waals surface area contributed by atoms with Crippen LogP contribution in [0.2, 0.25) is 0 Å². The number of nitrogens with zero attached hydrogens (tertiary/aromatic N) is 2. The smallest absolute Gasteiger partial charge is 0.239 e. The molecule has 0 spiro atoms. The Hall–Kier alpha value is -2.09. The fourth-order valence-electron chi connectivity index (χ4n) is 2.54. The minimum absolute atomic E-state index is 0.0797. The van der Waals surface area contributed by atoms with Crippen molar-refractivity contribution in [1.29, 1.82) is 0 Å². The lowest BCUT2D eigenvalue weighted by Gasteiger charge is -2.20. The molecule has 1 N–H and O–H groups in total. The van der Waals surface area contributed by atoms with Crippen LogP contribution >= 0.6 is 23.1 Å². The molecule has 27 heavy (non-hydrogen) atoms. The van der Waals surface area contributed by atoms with Gasteiger partial charge in [0.1, 0.15) is 5.75 Å². The molecule has 2 aromatic carbocycles. The molecule has 0 aliphatic rings. The predicted molar refractivity (Wildman–Crippen MR) is 113 cm³/mol. The number of ether oxygens (including phenoxy) is 1. The number of thiazole rings is 1. The van der Waals surface area contributed by atoms with Crippen molar-refractivity contribution in [2.24, 2.45) is 0 Å². The van der Waals surface area contributed by atoms with E-state index in [1.807, 2.05) is 53.4 Å². The lowest BCUT2D eigenvalue weighted by molar-refractivity contribution is -0.856. The van der Waals surface area contributed by atoms with Gasteiger partial charge in [-0.25, -0.2) is 4.98 Å². The summed E-state index contributed by atoms with van der Waals surface area (Å²) in [5, 5.41) is 0.748. The molecule has 0 radical (unpaired) electrons. The molecule has 1 heterocycles. The van der Waals surface area contributed by atoms with Gasteiger partial charge in [-0.3, -0.25) is 9.69 Å². The van der Waals surface area contributed by atoms with Gasteiger partial charge in [0, 0.05) is 4.90 Å². The van der Waals surface area contributed by atoms with Gasteiger partial charge in [0.15, 0.2) is 5.13 Å². The number of aromatic nitrogens is 1. The molecule has 3 rings (SSSR count). The first-order chi connectivity index (χ1) is 13.1. The summed E-state index contributed by atoms with van der Waals surface area (Å²) in [6.07, 6.45) is 0. The van der Waals surface area contributed by atoms with E-state index in [0.717, 1.165) is 32.5 Å². The molecule has 1 aromatic heterocycles. The fourth-order valence-corrected chi connectivity index (χ4v) is 4.37. The number of likely N-dealkylation sites (N-methyl/N-ethyl adjacent to an activating group) is 1. The van der Waals surface area contributed by atoms with Gasteiger partial charge in [-0.2, -0.15) is 0 Å². The number of quaternary nitrogens is 1. The largest absolute Gasteiger partial charge is 0.497 e. The average molecular weight is 403 g/mol. The number of methoxy groups -OCH3 is 1. The Morgan fingerprint density at radius 2 is 2.00 bits per heavy atom. The van der Waals surface area contributed by atoms with Crippen LogP contribution in [0.5, 0.6) is 5.75 Å². The van der Waals surface area contributed by atoms with Gasteiger partial charge < -0.3 is 9.64 Å². The molecule has 142 valence electrons. The number of amides is 1. The Bertz CT molecular complexity index is 897. The third-order valence-corrected chi connectivity index (χ3v) is 6.10. The molecule has 1 amide bonds. The Balaban J connectivity index is 1.80. The number of fused-ring (bicyclic) bond motifs is 1. The second-order valence-electron chi connectivity index (χ2n) is 6.43. The number of benzene rings is 2. The molecule has 7 heteroatoms. The van der Waals surface area contributed by atoms with E-state index >= 15 is 0 Å². The summed E-state index contributed by atoms with van der Waals surface area (Å²) in [5.41, 5.74) is 0.890. The van der Waals surface area contributed by atoms with Crippen molar-refractivity contribution in [3.05, 3.63) is 48.5 Å². The highest BCUT2D eigenvalue weighted by atomic mass is 32.2. The summed E-state index contributed by atoms with van der Waals surface area (Å²) in [4.78, 5) is 21.9. The number of rotatable bonds is 8. The van der Waals surface area contributed by atoms with E-state index < -0.39 is 0 Å². The molecule has 0 atom stereocenters. The summed E-state index contributed by atoms with van der Waals surface area (Å²) >= 11 is 3.09. The molecular formula is C20H24N3O2S2+. The van der Waals surface area contributed by atoms with Crippen LogP contribution in [-0.2, 0) is 4.79 Å². The van der Waals surface area contributed by atoms with Gasteiger partial charge in [-0.05, 0) is 30.3 Å². The van der Waals surface area contributed by atoms with Gasteiger partial charge >= 0.3 is 0 Å². The summed E-state index contributed by atoms with van der Waals surface area (Å²) in [6.45, 7) is 1.51. The highest BCUT2D eigenvalue weighted by Gasteiger charge is 2.21. The first-order valence-electron chi connectivity index (χ1n) is 8.78. The van der Waals surface area contributed by atoms with Crippen molar-refractivity contribution in [2.45, 2.75) is 4.90 Å². The van der Waals surface area contributed by atoms with E-state index in [9.17, 15) is 4.79 Å². The van der Waals surface area contributed by atoms with Crippen molar-refractivity contribution < 1.29 is 14.4 Å². The second kappa shape index (κ2) is 9.21. The number of thioether (sulfide) groups is 1.